The maximum atomic E-state index is 13.0. The highest BCUT2D eigenvalue weighted by molar-refractivity contribution is 7.92. The van der Waals surface area contributed by atoms with Crippen LogP contribution in [-0.2, 0) is 34.0 Å². The number of H-pyrrole nitrogens is 3. The van der Waals surface area contributed by atoms with Crippen LogP contribution in [-0.4, -0.2) is 169 Å². The number of carbonyl (C=O) groups excluding carboxylic acids is 9. The Morgan fingerprint density at radius 3 is 1.39 bits per heavy atom. The Morgan fingerprint density at radius 2 is 0.958 bits per heavy atom. The number of aromatic amines is 3. The average molecular weight is 1950 g/mol. The molecule has 738 valence electrons. The zero-order chi connectivity index (χ0) is 103. The number of fused-ring (bicyclic) bond motifs is 4. The highest BCUT2D eigenvalue weighted by Crippen LogP contribution is 2.39. The first-order valence-electron chi connectivity index (χ1n) is 46.0. The second-order valence-electron chi connectivity index (χ2n) is 34.2. The van der Waals surface area contributed by atoms with Crippen molar-refractivity contribution in [2.24, 2.45) is 11.3 Å². The predicted octanol–water partition coefficient (Wildman–Crippen LogP) is 19.6. The van der Waals surface area contributed by atoms with Crippen molar-refractivity contribution in [1.82, 2.24) is 55.8 Å². The molecule has 0 aliphatic heterocycles. The minimum absolute atomic E-state index is 0.0362. The number of ether oxygens (including phenoxy) is 5. The molecular formula is C107H117N17O17S. The Balaban J connectivity index is 0.000000179. The van der Waals surface area contributed by atoms with E-state index in [-0.39, 0.29) is 58.8 Å². The van der Waals surface area contributed by atoms with E-state index in [0.29, 0.717) is 113 Å². The average Bonchev–Trinajstić information content (AvgIpc) is 1.72. The number of esters is 3. The van der Waals surface area contributed by atoms with Gasteiger partial charge in [0, 0.05) is 74.9 Å². The number of methoxy groups -OCH3 is 2. The van der Waals surface area contributed by atoms with Gasteiger partial charge < -0.3 is 49.2 Å². The van der Waals surface area contributed by atoms with Crippen LogP contribution in [0.2, 0.25) is 0 Å². The van der Waals surface area contributed by atoms with Crippen LogP contribution >= 0.6 is 0 Å². The van der Waals surface area contributed by atoms with Gasteiger partial charge in [-0.1, -0.05) is 207 Å². The van der Waals surface area contributed by atoms with Crippen molar-refractivity contribution < 1.29 is 80.4 Å². The number of nitrogens with one attached hydrogen (secondary N) is 6. The summed E-state index contributed by atoms with van der Waals surface area (Å²) in [5.74, 6) is -1.16. The summed E-state index contributed by atoms with van der Waals surface area (Å²) in [7, 11) is 0.950. The van der Waals surface area contributed by atoms with E-state index in [9.17, 15) is 61.9 Å². The number of hydrogen-bond acceptors (Lipinski definition) is 24. The van der Waals surface area contributed by atoms with Crippen molar-refractivity contribution in [1.29, 1.82) is 5.26 Å². The van der Waals surface area contributed by atoms with Crippen LogP contribution in [0.3, 0.4) is 0 Å². The van der Waals surface area contributed by atoms with E-state index in [1.807, 2.05) is 112 Å². The monoisotopic (exact) mass is 1940 g/mol. The molecule has 35 heteroatoms. The Labute approximate surface area is 823 Å². The smallest absolute Gasteiger partial charge is 0.343 e. The molecule has 15 aromatic rings. The second-order valence-corrected chi connectivity index (χ2v) is 35.9. The summed E-state index contributed by atoms with van der Waals surface area (Å²) in [6.45, 7) is 18.2. The number of sulfonamides is 1. The molecule has 0 saturated heterocycles. The van der Waals surface area contributed by atoms with Crippen molar-refractivity contribution in [3.63, 3.8) is 0 Å². The van der Waals surface area contributed by atoms with E-state index in [1.165, 1.54) is 102 Å². The number of amides is 5. The molecule has 0 radical (unpaired) electrons. The Kier molecular flexibility index (Phi) is 39.4. The third kappa shape index (κ3) is 30.9. The molecule has 0 fully saturated rings. The minimum Gasteiger partial charge on any atom is -0.506 e. The summed E-state index contributed by atoms with van der Waals surface area (Å²) in [6.07, 6.45) is 14.8. The lowest BCUT2D eigenvalue weighted by Gasteiger charge is -2.31. The van der Waals surface area contributed by atoms with E-state index in [0.717, 1.165) is 35.7 Å². The Morgan fingerprint density at radius 1 is 0.507 bits per heavy atom. The normalized spacial score (nSPS) is 11.0. The zero-order valence-electron chi connectivity index (χ0n) is 81.7. The number of aromatic hydroxyl groups is 1. The van der Waals surface area contributed by atoms with Crippen LogP contribution < -0.4 is 48.9 Å². The van der Waals surface area contributed by atoms with Gasteiger partial charge in [-0.3, -0.25) is 38.5 Å². The lowest BCUT2D eigenvalue weighted by molar-refractivity contribution is -0.140. The van der Waals surface area contributed by atoms with Gasteiger partial charge in [-0.15, -0.1) is 0 Å². The topological polar surface area (TPSA) is 453 Å². The predicted molar refractivity (Wildman–Crippen MR) is 547 cm³/mol. The maximum absolute atomic E-state index is 13.0. The number of phenols is 1. The summed E-state index contributed by atoms with van der Waals surface area (Å²) in [5.41, 5.74) is 8.92. The van der Waals surface area contributed by atoms with Gasteiger partial charge in [-0.2, -0.15) is 51.5 Å². The quantitative estimate of drug-likeness (QED) is 0.00891. The lowest BCUT2D eigenvalue weighted by Crippen LogP contribution is -2.47. The molecular weight excluding hydrogens is 1830 g/mol. The van der Waals surface area contributed by atoms with Crippen molar-refractivity contribution in [3.8, 4) is 51.7 Å². The Bertz CT molecular complexity index is 6710. The number of benzene rings is 11. The third-order valence-corrected chi connectivity index (χ3v) is 22.7. The molecule has 11 aromatic carbocycles. The molecule has 0 aliphatic rings. The first kappa shape index (κ1) is 107. The summed E-state index contributed by atoms with van der Waals surface area (Å²) >= 11 is 0. The van der Waals surface area contributed by atoms with E-state index < -0.39 is 51.1 Å². The molecule has 142 heavy (non-hydrogen) atoms. The first-order valence-corrected chi connectivity index (χ1v) is 47.9. The molecule has 0 bridgehead atoms. The number of phenolic OH excluding ortho intramolecular Hbond substituents is 1. The van der Waals surface area contributed by atoms with Crippen molar-refractivity contribution >= 4 is 130 Å². The molecule has 34 nitrogen and oxygen atoms in total. The molecule has 1 atom stereocenters. The number of anilines is 4. The summed E-state index contributed by atoms with van der Waals surface area (Å²) in [6, 6.07) is 74.2. The summed E-state index contributed by atoms with van der Waals surface area (Å²) < 4.78 is 53.5. The molecule has 4 heterocycles. The molecule has 0 saturated carbocycles. The highest BCUT2D eigenvalue weighted by Gasteiger charge is 2.38. The fourth-order valence-electron chi connectivity index (χ4n) is 14.7. The third-order valence-electron chi connectivity index (χ3n) is 22.2. The number of rotatable bonds is 32. The number of para-hydroxylation sites is 5. The van der Waals surface area contributed by atoms with Gasteiger partial charge in [-0.05, 0) is 166 Å². The van der Waals surface area contributed by atoms with Gasteiger partial charge in [-0.25, -0.2) is 27.5 Å². The van der Waals surface area contributed by atoms with Crippen LogP contribution in [0.5, 0.6) is 34.5 Å². The largest absolute Gasteiger partial charge is 0.506 e. The molecule has 0 spiro atoms. The van der Waals surface area contributed by atoms with Crippen LogP contribution in [0, 0.1) is 29.6 Å². The summed E-state index contributed by atoms with van der Waals surface area (Å²) in [5, 5.41) is 59.6. The van der Waals surface area contributed by atoms with Gasteiger partial charge in [0.25, 0.3) is 5.91 Å². The molecule has 0 aliphatic carbocycles. The summed E-state index contributed by atoms with van der Waals surface area (Å²) in [4.78, 5) is 114. The van der Waals surface area contributed by atoms with Gasteiger partial charge in [0.2, 0.25) is 33.7 Å². The van der Waals surface area contributed by atoms with Crippen LogP contribution in [0.1, 0.15) is 179 Å². The van der Waals surface area contributed by atoms with E-state index in [1.54, 1.807) is 201 Å². The number of nitriles is 1. The number of hydrogen-bond donors (Lipinski definition) is 7. The number of unbranched alkanes of at least 4 members (excludes halogenated alkanes) is 9. The minimum atomic E-state index is -3.60. The van der Waals surface area contributed by atoms with Crippen LogP contribution in [0.15, 0.2) is 255 Å². The first-order chi connectivity index (χ1) is 68.1. The van der Waals surface area contributed by atoms with Gasteiger partial charge >= 0.3 is 17.9 Å². The van der Waals surface area contributed by atoms with Crippen LogP contribution in [0.25, 0.3) is 55.0 Å². The Hall–Kier alpha value is -16.8. The fraction of sp³-hybridized carbons (Fsp3) is 0.271. The fourth-order valence-corrected chi connectivity index (χ4v) is 15.3. The standard InChI is InChI=1S/C32H42N2O4.C21H32N2O4.C15H16N4O3S.3C13H9N3O2/c1-4-5-6-7-8-9-10-11-12-15-23-34(24(2)35)29-19-16-17-26-25(29)21-22-27(31(26)36)32(37)33-28-18-13-14-20-30(28)38-3;1-13(2)23(15(4)24)12-16(19(25)21(5,6)7)20(26)22-17-11-14(3)9-10-18(17)27-8;1-11(20)18(2)19-10-13(9-16)14(12-7-5-4-6-8-12)15(19)17-23(3,21)22;3*17-13(18-10-4-2-1-3-5-10)9-6-7-11-12(8-9)15-16-14-11/h13-14,16-22,36H,4-12,15,23H2,1-3H3,(H,33,37);9-11,13,16H,12H2,1-8H3,(H,22,26);4-8,10,17H,1-3H3;3*1-8H,(H,14,15,16). The van der Waals surface area contributed by atoms with E-state index in [4.69, 9.17) is 23.7 Å². The lowest BCUT2D eigenvalue weighted by atomic mass is 9.82. The zero-order valence-corrected chi connectivity index (χ0v) is 82.5. The van der Waals surface area contributed by atoms with Crippen molar-refractivity contribution in [2.45, 2.75) is 139 Å². The van der Waals surface area contributed by atoms with Crippen molar-refractivity contribution in [2.75, 3.05) is 65.9 Å². The number of aromatic nitrogens is 10. The van der Waals surface area contributed by atoms with Gasteiger partial charge in [0.05, 0.1) is 65.4 Å². The van der Waals surface area contributed by atoms with E-state index >= 15 is 0 Å². The maximum Gasteiger partial charge on any atom is 0.343 e. The van der Waals surface area contributed by atoms with Gasteiger partial charge in [0.15, 0.2) is 5.78 Å². The SMILES string of the molecule is CC(=O)N(C)n1cc(C#N)c(-c2ccccc2)c1NS(C)(=O)=O.CCCCCCCCCCCCN(C(C)=O)c1cccc2c(O)c(C(=O)Nc3ccccc3OC)ccc12.COc1ccc(C)cc1NC(=O)C(CN(C(C)=O)C(C)C)C(=O)C(C)(C)C.O=C(Oc1ccccc1)c1ccc2n[nH]nc2c1.O=C(Oc1ccccc1)c1ccc2n[nH]nc2c1.O=C(Oc1ccccc1)c1ccc2n[nH]nc2c1. The number of Topliss-reactive ketones (excluding diaryl/α,β-unsaturated/α-hetero) is 1. The van der Waals surface area contributed by atoms with Crippen LogP contribution in [0.4, 0.5) is 22.9 Å². The number of aryl methyl sites for hydroxylation is 1. The number of ketones is 1. The number of nitrogens with zero attached hydrogens (tertiary/aromatic N) is 11. The van der Waals surface area contributed by atoms with E-state index in [2.05, 4.69) is 68.5 Å². The highest BCUT2D eigenvalue weighted by atomic mass is 32.2. The molecule has 7 N–H and O–H groups in total. The molecule has 15 rings (SSSR count). The molecule has 4 aromatic heterocycles. The van der Waals surface area contributed by atoms with Gasteiger partial charge in [0.1, 0.15) is 85.4 Å². The molecule has 5 amide bonds. The van der Waals surface area contributed by atoms with Crippen molar-refractivity contribution in [3.05, 3.63) is 288 Å². The second kappa shape index (κ2) is 52.1. The number of carbonyl (C=O) groups is 9. The molecule has 1 unspecified atom stereocenters.